The van der Waals surface area contributed by atoms with Gasteiger partial charge in [0, 0.05) is 0 Å². The second-order valence-electron chi connectivity index (χ2n) is 5.11. The molecule has 0 bridgehead atoms. The number of alkyl halides is 3. The molecule has 1 aromatic carbocycles. The summed E-state index contributed by atoms with van der Waals surface area (Å²) < 4.78 is 43.4. The van der Waals surface area contributed by atoms with Crippen molar-refractivity contribution in [3.05, 3.63) is 29.3 Å². The van der Waals surface area contributed by atoms with Crippen molar-refractivity contribution in [3.8, 4) is 5.75 Å². The SMILES string of the molecule is CC(C)COc1cc(C(F)(F)F)ccc1C(C)C. The van der Waals surface area contributed by atoms with E-state index in [0.29, 0.717) is 12.4 Å². The van der Waals surface area contributed by atoms with Gasteiger partial charge in [-0.3, -0.25) is 0 Å². The molecule has 4 heteroatoms. The lowest BCUT2D eigenvalue weighted by molar-refractivity contribution is -0.137. The standard InChI is InChI=1S/C14H19F3O/c1-9(2)8-18-13-7-11(14(15,16)17)5-6-12(13)10(3)4/h5-7,9-10H,8H2,1-4H3. The van der Waals surface area contributed by atoms with Crippen molar-refractivity contribution in [2.24, 2.45) is 5.92 Å². The van der Waals surface area contributed by atoms with E-state index in [1.807, 2.05) is 27.7 Å². The van der Waals surface area contributed by atoms with E-state index in [-0.39, 0.29) is 11.8 Å². The zero-order valence-electron chi connectivity index (χ0n) is 11.1. The summed E-state index contributed by atoms with van der Waals surface area (Å²) in [6.07, 6.45) is -4.33. The predicted molar refractivity (Wildman–Crippen MR) is 65.9 cm³/mol. The summed E-state index contributed by atoms with van der Waals surface area (Å²) in [5.74, 6) is 0.752. The van der Waals surface area contributed by atoms with Crippen LogP contribution in [0, 0.1) is 5.92 Å². The lowest BCUT2D eigenvalue weighted by atomic mass is 10.00. The van der Waals surface area contributed by atoms with Crippen molar-refractivity contribution >= 4 is 0 Å². The van der Waals surface area contributed by atoms with Gasteiger partial charge in [-0.2, -0.15) is 13.2 Å². The molecule has 0 aliphatic carbocycles. The van der Waals surface area contributed by atoms with Crippen LogP contribution in [0.25, 0.3) is 0 Å². The lowest BCUT2D eigenvalue weighted by Crippen LogP contribution is -2.10. The molecule has 0 heterocycles. The molecular weight excluding hydrogens is 241 g/mol. The first-order valence-electron chi connectivity index (χ1n) is 6.05. The molecule has 0 aliphatic rings. The highest BCUT2D eigenvalue weighted by Gasteiger charge is 2.31. The van der Waals surface area contributed by atoms with Crippen LogP contribution < -0.4 is 4.74 Å². The Kier molecular flexibility index (Phi) is 4.65. The Morgan fingerprint density at radius 2 is 1.72 bits per heavy atom. The summed E-state index contributed by atoms with van der Waals surface area (Å²) in [6.45, 7) is 8.21. The topological polar surface area (TPSA) is 9.23 Å². The second kappa shape index (κ2) is 5.63. The van der Waals surface area contributed by atoms with Gasteiger partial charge in [0.15, 0.2) is 0 Å². The van der Waals surface area contributed by atoms with E-state index >= 15 is 0 Å². The van der Waals surface area contributed by atoms with Crippen LogP contribution in [0.2, 0.25) is 0 Å². The smallest absolute Gasteiger partial charge is 0.416 e. The number of benzene rings is 1. The van der Waals surface area contributed by atoms with Crippen LogP contribution in [-0.2, 0) is 6.18 Å². The van der Waals surface area contributed by atoms with E-state index in [0.717, 1.165) is 17.7 Å². The van der Waals surface area contributed by atoms with E-state index < -0.39 is 11.7 Å². The molecule has 0 fully saturated rings. The molecule has 18 heavy (non-hydrogen) atoms. The van der Waals surface area contributed by atoms with Gasteiger partial charge in [-0.05, 0) is 29.5 Å². The molecule has 0 saturated heterocycles. The van der Waals surface area contributed by atoms with Gasteiger partial charge in [0.1, 0.15) is 5.75 Å². The summed E-state index contributed by atoms with van der Waals surface area (Å²) in [4.78, 5) is 0. The summed E-state index contributed by atoms with van der Waals surface area (Å²) in [5.41, 5.74) is 0.148. The van der Waals surface area contributed by atoms with Crippen LogP contribution in [0.4, 0.5) is 13.2 Å². The lowest BCUT2D eigenvalue weighted by Gasteiger charge is -2.17. The molecule has 0 aliphatic heterocycles. The first-order valence-corrected chi connectivity index (χ1v) is 6.05. The van der Waals surface area contributed by atoms with Crippen LogP contribution in [0.3, 0.4) is 0 Å². The number of hydrogen-bond acceptors (Lipinski definition) is 1. The van der Waals surface area contributed by atoms with E-state index in [1.54, 1.807) is 0 Å². The minimum atomic E-state index is -4.33. The maximum Gasteiger partial charge on any atom is 0.416 e. The maximum absolute atomic E-state index is 12.6. The Hall–Kier alpha value is -1.19. The number of ether oxygens (including phenoxy) is 1. The molecular formula is C14H19F3O. The first kappa shape index (κ1) is 14.9. The maximum atomic E-state index is 12.6. The molecule has 0 atom stereocenters. The fourth-order valence-corrected chi connectivity index (χ4v) is 1.57. The highest BCUT2D eigenvalue weighted by atomic mass is 19.4. The molecule has 0 amide bonds. The van der Waals surface area contributed by atoms with Crippen LogP contribution in [0.1, 0.15) is 44.7 Å². The third-order valence-corrected chi connectivity index (χ3v) is 2.54. The normalized spacial score (nSPS) is 12.3. The average molecular weight is 260 g/mol. The molecule has 0 unspecified atom stereocenters. The molecule has 0 N–H and O–H groups in total. The summed E-state index contributed by atoms with van der Waals surface area (Å²) in [7, 11) is 0. The van der Waals surface area contributed by atoms with Crippen molar-refractivity contribution in [1.82, 2.24) is 0 Å². The van der Waals surface area contributed by atoms with E-state index in [1.165, 1.54) is 6.07 Å². The molecule has 0 saturated carbocycles. The van der Waals surface area contributed by atoms with Crippen LogP contribution in [0.15, 0.2) is 18.2 Å². The molecule has 1 nitrogen and oxygen atoms in total. The van der Waals surface area contributed by atoms with Gasteiger partial charge < -0.3 is 4.74 Å². The highest BCUT2D eigenvalue weighted by Crippen LogP contribution is 2.35. The third kappa shape index (κ3) is 3.93. The molecule has 0 radical (unpaired) electrons. The van der Waals surface area contributed by atoms with Crippen molar-refractivity contribution in [3.63, 3.8) is 0 Å². The van der Waals surface area contributed by atoms with Gasteiger partial charge >= 0.3 is 6.18 Å². The third-order valence-electron chi connectivity index (χ3n) is 2.54. The molecule has 1 rings (SSSR count). The molecule has 0 aromatic heterocycles. The van der Waals surface area contributed by atoms with Crippen LogP contribution in [-0.4, -0.2) is 6.61 Å². The van der Waals surface area contributed by atoms with Crippen LogP contribution in [0.5, 0.6) is 5.75 Å². The monoisotopic (exact) mass is 260 g/mol. The number of halogens is 3. The Labute approximate surface area is 106 Å². The fraction of sp³-hybridized carbons (Fsp3) is 0.571. The second-order valence-corrected chi connectivity index (χ2v) is 5.11. The van der Waals surface area contributed by atoms with Gasteiger partial charge in [0.25, 0.3) is 0 Å². The Morgan fingerprint density at radius 1 is 1.11 bits per heavy atom. The zero-order chi connectivity index (χ0) is 13.9. The number of rotatable bonds is 4. The van der Waals surface area contributed by atoms with Crippen molar-refractivity contribution in [1.29, 1.82) is 0 Å². The largest absolute Gasteiger partial charge is 0.493 e. The van der Waals surface area contributed by atoms with E-state index in [9.17, 15) is 13.2 Å². The minimum absolute atomic E-state index is 0.134. The van der Waals surface area contributed by atoms with Gasteiger partial charge in [0.05, 0.1) is 12.2 Å². The predicted octanol–water partition coefficient (Wildman–Crippen LogP) is 4.86. The quantitative estimate of drug-likeness (QED) is 0.751. The Balaban J connectivity index is 3.08. The molecule has 102 valence electrons. The van der Waals surface area contributed by atoms with E-state index in [4.69, 9.17) is 4.74 Å². The van der Waals surface area contributed by atoms with Gasteiger partial charge in [-0.25, -0.2) is 0 Å². The summed E-state index contributed by atoms with van der Waals surface area (Å²) in [5, 5.41) is 0. The van der Waals surface area contributed by atoms with Gasteiger partial charge in [0.2, 0.25) is 0 Å². The summed E-state index contributed by atoms with van der Waals surface area (Å²) in [6, 6.07) is 3.71. The van der Waals surface area contributed by atoms with Gasteiger partial charge in [-0.15, -0.1) is 0 Å². The fourth-order valence-electron chi connectivity index (χ4n) is 1.57. The van der Waals surface area contributed by atoms with Crippen molar-refractivity contribution < 1.29 is 17.9 Å². The van der Waals surface area contributed by atoms with Crippen molar-refractivity contribution in [2.45, 2.75) is 39.8 Å². The van der Waals surface area contributed by atoms with Gasteiger partial charge in [-0.1, -0.05) is 33.8 Å². The minimum Gasteiger partial charge on any atom is -0.493 e. The first-order chi connectivity index (χ1) is 8.21. The molecule has 1 aromatic rings. The Morgan fingerprint density at radius 3 is 2.17 bits per heavy atom. The highest BCUT2D eigenvalue weighted by molar-refractivity contribution is 5.40. The number of hydrogen-bond donors (Lipinski definition) is 0. The van der Waals surface area contributed by atoms with E-state index in [2.05, 4.69) is 0 Å². The average Bonchev–Trinajstić information content (AvgIpc) is 2.24. The van der Waals surface area contributed by atoms with Crippen molar-refractivity contribution in [2.75, 3.05) is 6.61 Å². The van der Waals surface area contributed by atoms with Crippen LogP contribution >= 0.6 is 0 Å². The Bertz CT molecular complexity index is 395. The summed E-state index contributed by atoms with van der Waals surface area (Å²) >= 11 is 0. The zero-order valence-corrected chi connectivity index (χ0v) is 11.1. The molecule has 0 spiro atoms.